The van der Waals surface area contributed by atoms with Crippen molar-refractivity contribution in [1.82, 2.24) is 9.55 Å². The number of hydrogen-bond donors (Lipinski definition) is 2. The number of H-pyrrole nitrogens is 1. The van der Waals surface area contributed by atoms with Gasteiger partial charge in [-0.15, -0.1) is 11.3 Å². The number of nitrogen functional groups attached to an aromatic ring is 1. The van der Waals surface area contributed by atoms with Crippen molar-refractivity contribution in [3.63, 3.8) is 0 Å². The van der Waals surface area contributed by atoms with Crippen molar-refractivity contribution in [3.8, 4) is 0 Å². The maximum Gasteiger partial charge on any atom is 0.330 e. The van der Waals surface area contributed by atoms with Gasteiger partial charge >= 0.3 is 5.69 Å². The lowest BCUT2D eigenvalue weighted by Crippen LogP contribution is -2.43. The number of aromatic amines is 1. The van der Waals surface area contributed by atoms with Crippen LogP contribution in [0, 0.1) is 0 Å². The molecule has 3 rings (SSSR count). The number of amides is 1. The molecular formula is C20H22N4O4S. The van der Waals surface area contributed by atoms with Gasteiger partial charge in [-0.25, -0.2) is 4.79 Å². The molecule has 2 aromatic heterocycles. The van der Waals surface area contributed by atoms with Gasteiger partial charge in [0.15, 0.2) is 5.69 Å². The quantitative estimate of drug-likeness (QED) is 0.580. The Labute approximate surface area is 171 Å². The van der Waals surface area contributed by atoms with Gasteiger partial charge in [-0.2, -0.15) is 0 Å². The summed E-state index contributed by atoms with van der Waals surface area (Å²) in [6, 6.07) is 13.0. The highest BCUT2D eigenvalue weighted by molar-refractivity contribution is 7.10. The Hall–Kier alpha value is -3.17. The highest BCUT2D eigenvalue weighted by Gasteiger charge is 2.24. The molecule has 29 heavy (non-hydrogen) atoms. The topological polar surface area (TPSA) is 110 Å². The zero-order valence-corrected chi connectivity index (χ0v) is 16.8. The lowest BCUT2D eigenvalue weighted by atomic mass is 10.2. The minimum absolute atomic E-state index is 0.0425. The van der Waals surface area contributed by atoms with E-state index in [0.717, 1.165) is 10.4 Å². The Balaban J connectivity index is 2.02. The SMILES string of the molecule is COCCN(C(=O)Cc1cccs1)c1c(N)n(Cc2ccccc2)c(=O)[nH]c1=O. The number of aromatic nitrogens is 2. The third kappa shape index (κ3) is 4.82. The molecule has 152 valence electrons. The zero-order valence-electron chi connectivity index (χ0n) is 16.0. The first-order valence-electron chi connectivity index (χ1n) is 8.99. The number of nitrogens with two attached hydrogens (primary N) is 1. The summed E-state index contributed by atoms with van der Waals surface area (Å²) in [6.07, 6.45) is 0.123. The first kappa shape index (κ1) is 20.6. The average Bonchev–Trinajstić information content (AvgIpc) is 3.21. The van der Waals surface area contributed by atoms with E-state index in [1.54, 1.807) is 0 Å². The fraction of sp³-hybridized carbons (Fsp3) is 0.250. The molecule has 0 radical (unpaired) electrons. The van der Waals surface area contributed by atoms with Crippen LogP contribution in [0.5, 0.6) is 0 Å². The summed E-state index contributed by atoms with van der Waals surface area (Å²) in [6.45, 7) is 0.525. The fourth-order valence-corrected chi connectivity index (χ4v) is 3.66. The Bertz CT molecular complexity index is 1070. The Morgan fingerprint density at radius 3 is 2.62 bits per heavy atom. The van der Waals surface area contributed by atoms with Crippen LogP contribution in [0.25, 0.3) is 0 Å². The summed E-state index contributed by atoms with van der Waals surface area (Å²) >= 11 is 1.45. The van der Waals surface area contributed by atoms with Gasteiger partial charge in [-0.1, -0.05) is 36.4 Å². The van der Waals surface area contributed by atoms with E-state index in [9.17, 15) is 14.4 Å². The van der Waals surface area contributed by atoms with Gasteiger partial charge in [0.05, 0.1) is 19.6 Å². The van der Waals surface area contributed by atoms with E-state index in [4.69, 9.17) is 10.5 Å². The molecule has 8 nitrogen and oxygen atoms in total. The van der Waals surface area contributed by atoms with Crippen LogP contribution in [0.15, 0.2) is 57.4 Å². The van der Waals surface area contributed by atoms with E-state index >= 15 is 0 Å². The van der Waals surface area contributed by atoms with E-state index in [-0.39, 0.29) is 43.5 Å². The predicted octanol–water partition coefficient (Wildman–Crippen LogP) is 1.45. The van der Waals surface area contributed by atoms with E-state index < -0.39 is 11.2 Å². The molecule has 0 fully saturated rings. The Kier molecular flexibility index (Phi) is 6.63. The summed E-state index contributed by atoms with van der Waals surface area (Å²) in [5, 5.41) is 1.88. The molecule has 0 spiro atoms. The minimum Gasteiger partial charge on any atom is -0.383 e. The second-order valence-electron chi connectivity index (χ2n) is 6.36. The molecule has 0 aliphatic carbocycles. The molecule has 0 aliphatic rings. The van der Waals surface area contributed by atoms with Gasteiger partial charge in [-0.3, -0.25) is 19.1 Å². The van der Waals surface area contributed by atoms with Crippen molar-refractivity contribution in [2.75, 3.05) is 30.9 Å². The van der Waals surface area contributed by atoms with E-state index in [0.29, 0.717) is 0 Å². The van der Waals surface area contributed by atoms with Gasteiger partial charge in [0, 0.05) is 18.5 Å². The van der Waals surface area contributed by atoms with Crippen molar-refractivity contribution in [1.29, 1.82) is 0 Å². The standard InChI is InChI=1S/C20H22N4O4S/c1-28-10-9-23(16(25)12-15-8-5-11-29-15)17-18(21)24(20(27)22-19(17)26)13-14-6-3-2-4-7-14/h2-8,11H,9-10,12-13,21H2,1H3,(H,22,26,27). The second kappa shape index (κ2) is 9.35. The first-order valence-corrected chi connectivity index (χ1v) is 9.87. The number of ether oxygens (including phenoxy) is 1. The van der Waals surface area contributed by atoms with Crippen LogP contribution in [-0.2, 0) is 22.5 Å². The molecule has 2 heterocycles. The van der Waals surface area contributed by atoms with Crippen LogP contribution in [0.1, 0.15) is 10.4 Å². The molecule has 9 heteroatoms. The number of methoxy groups -OCH3 is 1. The lowest BCUT2D eigenvalue weighted by Gasteiger charge is -2.24. The summed E-state index contributed by atoms with van der Waals surface area (Å²) in [5.41, 5.74) is 5.70. The Morgan fingerprint density at radius 2 is 1.97 bits per heavy atom. The van der Waals surface area contributed by atoms with Crippen LogP contribution in [0.3, 0.4) is 0 Å². The molecule has 1 amide bonds. The van der Waals surface area contributed by atoms with Crippen LogP contribution in [0.2, 0.25) is 0 Å². The zero-order chi connectivity index (χ0) is 20.8. The number of anilines is 2. The number of benzene rings is 1. The van der Waals surface area contributed by atoms with Crippen molar-refractivity contribution < 1.29 is 9.53 Å². The van der Waals surface area contributed by atoms with E-state index in [2.05, 4.69) is 4.98 Å². The molecule has 0 unspecified atom stereocenters. The highest BCUT2D eigenvalue weighted by atomic mass is 32.1. The maximum atomic E-state index is 13.0. The largest absolute Gasteiger partial charge is 0.383 e. The molecule has 3 aromatic rings. The average molecular weight is 414 g/mol. The van der Waals surface area contributed by atoms with E-state index in [1.807, 2.05) is 47.8 Å². The second-order valence-corrected chi connectivity index (χ2v) is 7.39. The summed E-state index contributed by atoms with van der Waals surface area (Å²) in [4.78, 5) is 42.4. The lowest BCUT2D eigenvalue weighted by molar-refractivity contribution is -0.118. The van der Waals surface area contributed by atoms with Gasteiger partial charge < -0.3 is 15.4 Å². The predicted molar refractivity (Wildman–Crippen MR) is 114 cm³/mol. The number of rotatable bonds is 8. The normalized spacial score (nSPS) is 10.8. The number of hydrogen-bond acceptors (Lipinski definition) is 6. The number of carbonyl (C=O) groups is 1. The molecular weight excluding hydrogens is 392 g/mol. The summed E-state index contributed by atoms with van der Waals surface area (Å²) in [7, 11) is 1.51. The van der Waals surface area contributed by atoms with Crippen molar-refractivity contribution in [2.24, 2.45) is 0 Å². The number of thiophene rings is 1. The smallest absolute Gasteiger partial charge is 0.330 e. The molecule has 0 saturated heterocycles. The van der Waals surface area contributed by atoms with Crippen molar-refractivity contribution in [2.45, 2.75) is 13.0 Å². The van der Waals surface area contributed by atoms with Gasteiger partial charge in [0.1, 0.15) is 5.82 Å². The van der Waals surface area contributed by atoms with Crippen LogP contribution < -0.4 is 21.9 Å². The van der Waals surface area contributed by atoms with Crippen LogP contribution >= 0.6 is 11.3 Å². The monoisotopic (exact) mass is 414 g/mol. The third-order valence-electron chi connectivity index (χ3n) is 4.39. The van der Waals surface area contributed by atoms with Gasteiger partial charge in [0.2, 0.25) is 5.91 Å². The van der Waals surface area contributed by atoms with Crippen LogP contribution in [-0.4, -0.2) is 35.7 Å². The fourth-order valence-electron chi connectivity index (χ4n) is 2.96. The molecule has 0 atom stereocenters. The molecule has 0 aliphatic heterocycles. The van der Waals surface area contributed by atoms with Crippen LogP contribution in [0.4, 0.5) is 11.5 Å². The highest BCUT2D eigenvalue weighted by Crippen LogP contribution is 2.20. The van der Waals surface area contributed by atoms with Crippen molar-refractivity contribution in [3.05, 3.63) is 79.1 Å². The molecule has 1 aromatic carbocycles. The first-order chi connectivity index (χ1) is 14.0. The maximum absolute atomic E-state index is 13.0. The third-order valence-corrected chi connectivity index (χ3v) is 5.27. The van der Waals surface area contributed by atoms with Crippen molar-refractivity contribution >= 4 is 28.7 Å². The number of carbonyl (C=O) groups excluding carboxylic acids is 1. The van der Waals surface area contributed by atoms with Gasteiger partial charge in [0.25, 0.3) is 5.56 Å². The summed E-state index contributed by atoms with van der Waals surface area (Å²) < 4.78 is 6.35. The molecule has 3 N–H and O–H groups in total. The number of nitrogens with one attached hydrogen (secondary N) is 1. The summed E-state index contributed by atoms with van der Waals surface area (Å²) in [5.74, 6) is -0.357. The Morgan fingerprint density at radius 1 is 1.21 bits per heavy atom. The molecule has 0 bridgehead atoms. The van der Waals surface area contributed by atoms with E-state index in [1.165, 1.54) is 27.9 Å². The molecule has 0 saturated carbocycles. The van der Waals surface area contributed by atoms with Gasteiger partial charge in [-0.05, 0) is 17.0 Å². The number of nitrogens with zero attached hydrogens (tertiary/aromatic N) is 2. The minimum atomic E-state index is -0.701.